The quantitative estimate of drug-likeness (QED) is 0.201. The SMILES string of the molecule is CCOc1ccccc1/C=N\NC(=O)c1nnn(-c2nonc2N)c1CSc1nncn1C. The molecule has 4 aromatic rings. The van der Waals surface area contributed by atoms with Crippen molar-refractivity contribution in [1.29, 1.82) is 0 Å². The summed E-state index contributed by atoms with van der Waals surface area (Å²) in [5, 5.41) is 27.8. The molecule has 170 valence electrons. The van der Waals surface area contributed by atoms with Crippen molar-refractivity contribution in [3.05, 3.63) is 47.5 Å². The predicted octanol–water partition coefficient (Wildman–Crippen LogP) is 0.816. The number of carbonyl (C=O) groups is 1. The predicted molar refractivity (Wildman–Crippen MR) is 117 cm³/mol. The van der Waals surface area contributed by atoms with Crippen molar-refractivity contribution in [2.24, 2.45) is 12.1 Å². The topological polar surface area (TPSA) is 177 Å². The van der Waals surface area contributed by atoms with Crippen LogP contribution in [-0.4, -0.2) is 58.8 Å². The summed E-state index contributed by atoms with van der Waals surface area (Å²) >= 11 is 1.32. The molecule has 0 bridgehead atoms. The van der Waals surface area contributed by atoms with E-state index in [9.17, 15) is 4.79 Å². The molecule has 33 heavy (non-hydrogen) atoms. The Bertz CT molecular complexity index is 1280. The first-order valence-corrected chi connectivity index (χ1v) is 10.6. The van der Waals surface area contributed by atoms with Crippen LogP contribution in [0.5, 0.6) is 5.75 Å². The lowest BCUT2D eigenvalue weighted by atomic mass is 10.2. The van der Waals surface area contributed by atoms with Gasteiger partial charge in [0.05, 0.1) is 18.5 Å². The van der Waals surface area contributed by atoms with Crippen molar-refractivity contribution in [3.63, 3.8) is 0 Å². The second-order valence-electron chi connectivity index (χ2n) is 6.45. The Morgan fingerprint density at radius 3 is 2.91 bits per heavy atom. The van der Waals surface area contributed by atoms with Crippen LogP contribution >= 0.6 is 11.8 Å². The summed E-state index contributed by atoms with van der Waals surface area (Å²) in [6, 6.07) is 7.33. The highest BCUT2D eigenvalue weighted by Crippen LogP contribution is 2.24. The maximum atomic E-state index is 12.9. The molecule has 3 aromatic heterocycles. The number of aromatic nitrogens is 8. The minimum atomic E-state index is -0.574. The van der Waals surface area contributed by atoms with Crippen molar-refractivity contribution < 1.29 is 14.2 Å². The number of benzene rings is 1. The average Bonchev–Trinajstić information content (AvgIpc) is 3.53. The second-order valence-corrected chi connectivity index (χ2v) is 7.40. The van der Waals surface area contributed by atoms with Crippen LogP contribution in [-0.2, 0) is 12.8 Å². The second kappa shape index (κ2) is 9.90. The van der Waals surface area contributed by atoms with Crippen molar-refractivity contribution in [1.82, 2.24) is 45.5 Å². The highest BCUT2D eigenvalue weighted by Gasteiger charge is 2.24. The lowest BCUT2D eigenvalue weighted by molar-refractivity contribution is 0.0949. The fourth-order valence-corrected chi connectivity index (χ4v) is 3.62. The number of nitrogens with one attached hydrogen (secondary N) is 1. The molecule has 1 aromatic carbocycles. The van der Waals surface area contributed by atoms with E-state index in [0.717, 1.165) is 0 Å². The first-order valence-electron chi connectivity index (χ1n) is 9.63. The number of amides is 1. The largest absolute Gasteiger partial charge is 0.493 e. The zero-order valence-electron chi connectivity index (χ0n) is 17.6. The van der Waals surface area contributed by atoms with E-state index >= 15 is 0 Å². The number of hydrogen-bond donors (Lipinski definition) is 2. The molecule has 0 radical (unpaired) electrons. The third-order valence-corrected chi connectivity index (χ3v) is 5.32. The standard InChI is InChI=1S/C18H19N11O3S/c1-3-31-13-7-5-4-6-11(13)8-20-23-17(30)14-12(9-33-18-24-21-10-28(18)2)29(27-22-14)16-15(19)25-32-26-16/h4-8,10H,3,9H2,1-2H3,(H2,19,25)(H,23,30)/b20-8-. The van der Waals surface area contributed by atoms with Gasteiger partial charge in [0.25, 0.3) is 5.91 Å². The molecule has 3 N–H and O–H groups in total. The third kappa shape index (κ3) is 4.82. The fraction of sp³-hybridized carbons (Fsp3) is 0.222. The third-order valence-electron chi connectivity index (χ3n) is 4.27. The van der Waals surface area contributed by atoms with Gasteiger partial charge in [-0.05, 0) is 29.4 Å². The number of thioether (sulfide) groups is 1. The zero-order valence-corrected chi connectivity index (χ0v) is 18.4. The number of nitrogens with zero attached hydrogens (tertiary/aromatic N) is 9. The number of para-hydroxylation sites is 1. The molecule has 1 amide bonds. The minimum Gasteiger partial charge on any atom is -0.493 e. The van der Waals surface area contributed by atoms with Crippen LogP contribution in [0.3, 0.4) is 0 Å². The molecular formula is C18H19N11O3S. The highest BCUT2D eigenvalue weighted by molar-refractivity contribution is 7.98. The number of hydrogen-bond acceptors (Lipinski definition) is 12. The molecule has 0 atom stereocenters. The summed E-state index contributed by atoms with van der Waals surface area (Å²) < 4.78 is 13.2. The van der Waals surface area contributed by atoms with Gasteiger partial charge in [0.2, 0.25) is 11.6 Å². The lowest BCUT2D eigenvalue weighted by Crippen LogP contribution is -2.20. The van der Waals surface area contributed by atoms with Crippen LogP contribution in [0.1, 0.15) is 28.7 Å². The number of nitrogen functional groups attached to an aromatic ring is 1. The molecule has 0 saturated heterocycles. The monoisotopic (exact) mass is 469 g/mol. The van der Waals surface area contributed by atoms with Crippen molar-refractivity contribution >= 4 is 29.7 Å². The van der Waals surface area contributed by atoms with Crippen LogP contribution in [0, 0.1) is 0 Å². The lowest BCUT2D eigenvalue weighted by Gasteiger charge is -2.06. The number of carbonyl (C=O) groups excluding carboxylic acids is 1. The van der Waals surface area contributed by atoms with Crippen molar-refractivity contribution in [2.45, 2.75) is 17.8 Å². The van der Waals surface area contributed by atoms with Gasteiger partial charge in [-0.3, -0.25) is 4.79 Å². The van der Waals surface area contributed by atoms with Crippen molar-refractivity contribution in [3.8, 4) is 11.6 Å². The summed E-state index contributed by atoms with van der Waals surface area (Å²) in [7, 11) is 1.81. The molecule has 14 nitrogen and oxygen atoms in total. The summed E-state index contributed by atoms with van der Waals surface area (Å²) in [5.41, 5.74) is 9.40. The van der Waals surface area contributed by atoms with Crippen LogP contribution < -0.4 is 15.9 Å². The van der Waals surface area contributed by atoms with Gasteiger partial charge in [-0.2, -0.15) is 9.78 Å². The number of aryl methyl sites for hydroxylation is 1. The Morgan fingerprint density at radius 1 is 1.33 bits per heavy atom. The molecule has 0 aliphatic carbocycles. The number of anilines is 1. The number of hydrazone groups is 1. The smallest absolute Gasteiger partial charge is 0.293 e. The Labute approximate surface area is 191 Å². The average molecular weight is 469 g/mol. The van der Waals surface area contributed by atoms with E-state index in [1.165, 1.54) is 22.7 Å². The maximum absolute atomic E-state index is 12.9. The number of nitrogens with two attached hydrogens (primary N) is 1. The Balaban J connectivity index is 1.57. The Hall–Kier alpha value is -4.27. The van der Waals surface area contributed by atoms with Gasteiger partial charge in [-0.25, -0.2) is 10.1 Å². The van der Waals surface area contributed by atoms with Gasteiger partial charge in [0.15, 0.2) is 10.9 Å². The van der Waals surface area contributed by atoms with E-state index in [-0.39, 0.29) is 23.1 Å². The van der Waals surface area contributed by atoms with E-state index in [4.69, 9.17) is 10.5 Å². The first kappa shape index (κ1) is 21.9. The molecule has 4 rings (SSSR count). The van der Waals surface area contributed by atoms with Gasteiger partial charge < -0.3 is 15.0 Å². The van der Waals surface area contributed by atoms with Crippen LogP contribution in [0.25, 0.3) is 5.82 Å². The molecule has 0 unspecified atom stereocenters. The Kier molecular flexibility index (Phi) is 6.58. The summed E-state index contributed by atoms with van der Waals surface area (Å²) in [5.74, 6) is 0.450. The van der Waals surface area contributed by atoms with Gasteiger partial charge in [-0.15, -0.1) is 15.3 Å². The molecule has 0 spiro atoms. The molecule has 0 fully saturated rings. The van der Waals surface area contributed by atoms with Crippen LogP contribution in [0.15, 0.2) is 45.5 Å². The molecule has 0 aliphatic rings. The molecule has 15 heteroatoms. The van der Waals surface area contributed by atoms with E-state index < -0.39 is 5.91 Å². The fourth-order valence-electron chi connectivity index (χ4n) is 2.74. The molecular weight excluding hydrogens is 450 g/mol. The molecule has 0 saturated carbocycles. The van der Waals surface area contributed by atoms with E-state index in [1.807, 2.05) is 31.2 Å². The summed E-state index contributed by atoms with van der Waals surface area (Å²) in [4.78, 5) is 12.9. The summed E-state index contributed by atoms with van der Waals surface area (Å²) in [6.07, 6.45) is 3.06. The van der Waals surface area contributed by atoms with Gasteiger partial charge in [0, 0.05) is 18.4 Å². The molecule has 3 heterocycles. The Morgan fingerprint density at radius 2 is 2.18 bits per heavy atom. The summed E-state index contributed by atoms with van der Waals surface area (Å²) in [6.45, 7) is 2.39. The van der Waals surface area contributed by atoms with E-state index in [1.54, 1.807) is 17.9 Å². The minimum absolute atomic E-state index is 0.00215. The number of ether oxygens (including phenoxy) is 1. The molecule has 0 aliphatic heterocycles. The van der Waals surface area contributed by atoms with Gasteiger partial charge in [-0.1, -0.05) is 29.1 Å². The maximum Gasteiger partial charge on any atom is 0.293 e. The normalized spacial score (nSPS) is 11.2. The van der Waals surface area contributed by atoms with Gasteiger partial charge >= 0.3 is 0 Å². The highest BCUT2D eigenvalue weighted by atomic mass is 32.2. The van der Waals surface area contributed by atoms with Crippen LogP contribution in [0.2, 0.25) is 0 Å². The van der Waals surface area contributed by atoms with Gasteiger partial charge in [0.1, 0.15) is 12.1 Å². The van der Waals surface area contributed by atoms with Crippen LogP contribution in [0.4, 0.5) is 5.82 Å². The van der Waals surface area contributed by atoms with Crippen molar-refractivity contribution in [2.75, 3.05) is 12.3 Å². The first-order chi connectivity index (χ1) is 16.1. The zero-order chi connectivity index (χ0) is 23.2. The van der Waals surface area contributed by atoms with E-state index in [0.29, 0.717) is 28.8 Å². The van der Waals surface area contributed by atoms with E-state index in [2.05, 4.69) is 46.0 Å². The number of rotatable bonds is 9.